The zero-order chi connectivity index (χ0) is 27.0. The van der Waals surface area contributed by atoms with Gasteiger partial charge in [0.05, 0.1) is 24.9 Å². The second-order valence-electron chi connectivity index (χ2n) is 11.1. The molecule has 2 heterocycles. The molecule has 1 atom stereocenters. The molecule has 2 aromatic carbocycles. The fraction of sp³-hybridized carbons (Fsp3) is 0.393. The van der Waals surface area contributed by atoms with Gasteiger partial charge in [0, 0.05) is 35.2 Å². The lowest BCUT2D eigenvalue weighted by atomic mass is 9.86. The van der Waals surface area contributed by atoms with Crippen molar-refractivity contribution in [2.24, 2.45) is 0 Å². The Morgan fingerprint density at radius 2 is 1.95 bits per heavy atom. The van der Waals surface area contributed by atoms with E-state index in [9.17, 15) is 14.0 Å². The molecule has 1 unspecified atom stereocenters. The summed E-state index contributed by atoms with van der Waals surface area (Å²) >= 11 is 0. The predicted molar refractivity (Wildman–Crippen MR) is 146 cm³/mol. The molecule has 1 aromatic heterocycles. The monoisotopic (exact) mass is 522 g/mol. The third-order valence-electron chi connectivity index (χ3n) is 7.50. The molecular formula is C28H35FN4O3Si. The third-order valence-corrected chi connectivity index (χ3v) is 12.0. The molecule has 196 valence electrons. The highest BCUT2D eigenvalue weighted by atomic mass is 28.4. The summed E-state index contributed by atoms with van der Waals surface area (Å²) in [6.07, 6.45) is 3.39. The van der Waals surface area contributed by atoms with Crippen molar-refractivity contribution in [2.45, 2.75) is 64.7 Å². The Morgan fingerprint density at radius 3 is 2.62 bits per heavy atom. The maximum absolute atomic E-state index is 13.5. The number of rotatable bonds is 7. The highest BCUT2D eigenvalue weighted by Gasteiger charge is 2.37. The SMILES string of the molecule is Cc1cc2cnn(CCO[Si](C)(C)C(C)(C)C)c2cc1NC(=O)C1=CNC(=O)CC1c1ccc(F)cc1. The summed E-state index contributed by atoms with van der Waals surface area (Å²) in [5, 5.41) is 11.3. The lowest BCUT2D eigenvalue weighted by Gasteiger charge is -2.36. The molecule has 0 bridgehead atoms. The number of hydrogen-bond acceptors (Lipinski definition) is 4. The summed E-state index contributed by atoms with van der Waals surface area (Å²) < 4.78 is 21.7. The molecule has 0 spiro atoms. The largest absolute Gasteiger partial charge is 0.415 e. The highest BCUT2D eigenvalue weighted by Crippen LogP contribution is 2.36. The number of hydrogen-bond donors (Lipinski definition) is 2. The van der Waals surface area contributed by atoms with Gasteiger partial charge in [-0.05, 0) is 60.4 Å². The van der Waals surface area contributed by atoms with Crippen LogP contribution in [0.15, 0.2) is 54.4 Å². The number of amides is 2. The Kier molecular flexibility index (Phi) is 7.39. The summed E-state index contributed by atoms with van der Waals surface area (Å²) in [7, 11) is -1.86. The van der Waals surface area contributed by atoms with Crippen LogP contribution in [0, 0.1) is 12.7 Å². The van der Waals surface area contributed by atoms with Crippen molar-refractivity contribution in [3.05, 3.63) is 71.3 Å². The van der Waals surface area contributed by atoms with Crippen LogP contribution in [-0.2, 0) is 20.6 Å². The number of aromatic nitrogens is 2. The Labute approximate surface area is 218 Å². The smallest absolute Gasteiger partial charge is 0.253 e. The van der Waals surface area contributed by atoms with Crippen molar-refractivity contribution < 1.29 is 18.4 Å². The first-order valence-corrected chi connectivity index (χ1v) is 15.4. The Balaban J connectivity index is 1.54. The van der Waals surface area contributed by atoms with Crippen molar-refractivity contribution >= 4 is 36.7 Å². The van der Waals surface area contributed by atoms with Crippen molar-refractivity contribution in [1.29, 1.82) is 0 Å². The van der Waals surface area contributed by atoms with E-state index in [1.54, 1.807) is 12.1 Å². The third kappa shape index (κ3) is 5.83. The van der Waals surface area contributed by atoms with Crippen molar-refractivity contribution in [1.82, 2.24) is 15.1 Å². The molecule has 3 aromatic rings. The average molecular weight is 523 g/mol. The fourth-order valence-electron chi connectivity index (χ4n) is 4.18. The molecule has 0 aliphatic carbocycles. The van der Waals surface area contributed by atoms with Crippen LogP contribution in [0.25, 0.3) is 10.9 Å². The number of nitrogens with zero attached hydrogens (tertiary/aromatic N) is 2. The first-order chi connectivity index (χ1) is 17.4. The number of carbonyl (C=O) groups excluding carboxylic acids is 2. The maximum Gasteiger partial charge on any atom is 0.253 e. The minimum atomic E-state index is -1.86. The summed E-state index contributed by atoms with van der Waals surface area (Å²) in [4.78, 5) is 25.4. The second kappa shape index (κ2) is 10.2. The van der Waals surface area contributed by atoms with Crippen LogP contribution in [0.4, 0.5) is 10.1 Å². The van der Waals surface area contributed by atoms with Gasteiger partial charge < -0.3 is 15.1 Å². The van der Waals surface area contributed by atoms with E-state index in [4.69, 9.17) is 4.43 Å². The van der Waals surface area contributed by atoms with Crippen molar-refractivity contribution in [2.75, 3.05) is 11.9 Å². The first kappa shape index (κ1) is 26.8. The standard InChI is InChI=1S/C28H35FN4O3Si/c1-18-13-20-16-31-33(11-12-36-37(5,6)28(2,3)4)25(20)15-24(18)32-27(35)23-17-30-26(34)14-22(23)19-7-9-21(29)10-8-19/h7-10,13,15-17,22H,11-12,14H2,1-6H3,(H,30,34)(H,32,35). The number of carbonyl (C=O) groups is 2. The Bertz CT molecular complexity index is 1360. The predicted octanol–water partition coefficient (Wildman–Crippen LogP) is 5.63. The van der Waals surface area contributed by atoms with Crippen LogP contribution in [0.1, 0.15) is 44.2 Å². The molecule has 9 heteroatoms. The fourth-order valence-corrected chi connectivity index (χ4v) is 5.21. The lowest BCUT2D eigenvalue weighted by Crippen LogP contribution is -2.41. The van der Waals surface area contributed by atoms with Crippen LogP contribution < -0.4 is 10.6 Å². The van der Waals surface area contributed by atoms with E-state index in [0.29, 0.717) is 30.0 Å². The van der Waals surface area contributed by atoms with Crippen LogP contribution in [-0.4, -0.2) is 36.5 Å². The molecule has 4 rings (SSSR count). The molecule has 0 saturated heterocycles. The van der Waals surface area contributed by atoms with Gasteiger partial charge in [0.1, 0.15) is 5.82 Å². The molecular weight excluding hydrogens is 487 g/mol. The van der Waals surface area contributed by atoms with Crippen LogP contribution >= 0.6 is 0 Å². The van der Waals surface area contributed by atoms with E-state index in [0.717, 1.165) is 16.5 Å². The molecule has 1 aliphatic heterocycles. The van der Waals surface area contributed by atoms with Crippen molar-refractivity contribution in [3.8, 4) is 0 Å². The topological polar surface area (TPSA) is 85.2 Å². The number of halogens is 1. The molecule has 2 N–H and O–H groups in total. The zero-order valence-electron chi connectivity index (χ0n) is 22.3. The number of nitrogens with one attached hydrogen (secondary N) is 2. The van der Waals surface area contributed by atoms with E-state index < -0.39 is 14.2 Å². The minimum Gasteiger partial charge on any atom is -0.415 e. The van der Waals surface area contributed by atoms with Crippen LogP contribution in [0.2, 0.25) is 18.1 Å². The number of fused-ring (bicyclic) bond motifs is 1. The van der Waals surface area contributed by atoms with Crippen molar-refractivity contribution in [3.63, 3.8) is 0 Å². The van der Waals surface area contributed by atoms with Gasteiger partial charge in [-0.2, -0.15) is 5.10 Å². The second-order valence-corrected chi connectivity index (χ2v) is 15.9. The van der Waals surface area contributed by atoms with E-state index in [2.05, 4.69) is 49.6 Å². The molecule has 37 heavy (non-hydrogen) atoms. The van der Waals surface area contributed by atoms with Crippen LogP contribution in [0.3, 0.4) is 0 Å². The number of anilines is 1. The Hall–Kier alpha value is -3.30. The summed E-state index contributed by atoms with van der Waals surface area (Å²) in [6, 6.07) is 9.83. The maximum atomic E-state index is 13.5. The molecule has 0 saturated carbocycles. The van der Waals surface area contributed by atoms with Gasteiger partial charge in [-0.3, -0.25) is 14.3 Å². The average Bonchev–Trinajstić information content (AvgIpc) is 3.20. The minimum absolute atomic E-state index is 0.115. The van der Waals surface area contributed by atoms with Gasteiger partial charge >= 0.3 is 0 Å². The molecule has 2 amide bonds. The van der Waals surface area contributed by atoms with Gasteiger partial charge in [0.25, 0.3) is 5.91 Å². The normalized spacial score (nSPS) is 16.5. The zero-order valence-corrected chi connectivity index (χ0v) is 23.3. The van der Waals surface area contributed by atoms with Gasteiger partial charge in [0.15, 0.2) is 8.32 Å². The van der Waals surface area contributed by atoms with Gasteiger partial charge in [-0.15, -0.1) is 0 Å². The summed E-state index contributed by atoms with van der Waals surface area (Å²) in [5.41, 5.74) is 3.60. The highest BCUT2D eigenvalue weighted by molar-refractivity contribution is 6.74. The van der Waals surface area contributed by atoms with E-state index in [-0.39, 0.29) is 29.1 Å². The van der Waals surface area contributed by atoms with Gasteiger partial charge in [0.2, 0.25) is 5.91 Å². The molecule has 0 fully saturated rings. The first-order valence-electron chi connectivity index (χ1n) is 12.5. The van der Waals surface area contributed by atoms with E-state index in [1.165, 1.54) is 18.3 Å². The summed E-state index contributed by atoms with van der Waals surface area (Å²) in [6.45, 7) is 14.2. The van der Waals surface area contributed by atoms with E-state index >= 15 is 0 Å². The number of benzene rings is 2. The van der Waals surface area contributed by atoms with Gasteiger partial charge in [-0.1, -0.05) is 32.9 Å². The molecule has 0 radical (unpaired) electrons. The summed E-state index contributed by atoms with van der Waals surface area (Å²) in [5.74, 6) is -1.33. The van der Waals surface area contributed by atoms with Gasteiger partial charge in [-0.25, -0.2) is 4.39 Å². The quantitative estimate of drug-likeness (QED) is 0.394. The Morgan fingerprint density at radius 1 is 1.24 bits per heavy atom. The molecule has 7 nitrogen and oxygen atoms in total. The number of aryl methyl sites for hydroxylation is 1. The van der Waals surface area contributed by atoms with E-state index in [1.807, 2.05) is 29.9 Å². The molecule has 1 aliphatic rings. The lowest BCUT2D eigenvalue weighted by molar-refractivity contribution is -0.121. The van der Waals surface area contributed by atoms with Crippen LogP contribution in [0.5, 0.6) is 0 Å².